The quantitative estimate of drug-likeness (QED) is 0.807. The minimum Gasteiger partial charge on any atom is -0.337 e. The highest BCUT2D eigenvalue weighted by molar-refractivity contribution is 5.80. The molecule has 20 heavy (non-hydrogen) atoms. The molecule has 6 heteroatoms. The van der Waals surface area contributed by atoms with Gasteiger partial charge in [0.25, 0.3) is 0 Å². The van der Waals surface area contributed by atoms with E-state index in [1.54, 1.807) is 0 Å². The molecule has 2 rings (SSSR count). The van der Waals surface area contributed by atoms with E-state index in [4.69, 9.17) is 5.73 Å². The topological polar surface area (TPSA) is 46.3 Å². The van der Waals surface area contributed by atoms with E-state index in [1.165, 1.54) is 18.7 Å². The summed E-state index contributed by atoms with van der Waals surface area (Å²) in [6, 6.07) is 0.00169. The molecule has 0 aromatic rings. The second-order valence-corrected chi connectivity index (χ2v) is 6.65. The number of halogens is 3. The van der Waals surface area contributed by atoms with Crippen LogP contribution in [0.2, 0.25) is 0 Å². The number of carbonyl (C=O) groups excluding carboxylic acids is 1. The molecule has 1 aliphatic heterocycles. The molecule has 2 fully saturated rings. The van der Waals surface area contributed by atoms with Gasteiger partial charge in [0.2, 0.25) is 5.91 Å². The monoisotopic (exact) mass is 292 g/mol. The molecule has 1 heterocycles. The van der Waals surface area contributed by atoms with Gasteiger partial charge in [-0.05, 0) is 39.5 Å². The van der Waals surface area contributed by atoms with Crippen LogP contribution in [-0.4, -0.2) is 35.1 Å². The van der Waals surface area contributed by atoms with Gasteiger partial charge in [0.05, 0.1) is 5.92 Å². The van der Waals surface area contributed by atoms with Crippen LogP contribution in [0.25, 0.3) is 0 Å². The van der Waals surface area contributed by atoms with E-state index in [1.807, 2.05) is 0 Å². The number of hydrogen-bond donors (Lipinski definition) is 1. The molecule has 0 bridgehead atoms. The van der Waals surface area contributed by atoms with Crippen molar-refractivity contribution in [2.45, 2.75) is 63.7 Å². The number of nitrogens with two attached hydrogens (primary N) is 1. The Morgan fingerprint density at radius 1 is 1.25 bits per heavy atom. The molecular formula is C14H23F3N2O. The second kappa shape index (κ2) is 5.20. The van der Waals surface area contributed by atoms with Gasteiger partial charge in [-0.1, -0.05) is 6.42 Å². The molecule has 2 N–H and O–H groups in total. The van der Waals surface area contributed by atoms with Crippen LogP contribution in [0.4, 0.5) is 13.2 Å². The van der Waals surface area contributed by atoms with Gasteiger partial charge in [0, 0.05) is 24.0 Å². The first kappa shape index (κ1) is 15.6. The Kier molecular flexibility index (Phi) is 4.06. The fraction of sp³-hybridized carbons (Fsp3) is 0.929. The third kappa shape index (κ3) is 2.80. The average Bonchev–Trinajstić information content (AvgIpc) is 2.63. The van der Waals surface area contributed by atoms with Gasteiger partial charge < -0.3 is 10.6 Å². The van der Waals surface area contributed by atoms with Gasteiger partial charge in [0.15, 0.2) is 0 Å². The van der Waals surface area contributed by atoms with Crippen molar-refractivity contribution < 1.29 is 18.0 Å². The van der Waals surface area contributed by atoms with E-state index in [0.29, 0.717) is 6.42 Å². The highest BCUT2D eigenvalue weighted by Gasteiger charge is 2.56. The lowest BCUT2D eigenvalue weighted by atomic mass is 9.83. The van der Waals surface area contributed by atoms with Crippen LogP contribution >= 0.6 is 0 Å². The van der Waals surface area contributed by atoms with Gasteiger partial charge in [-0.3, -0.25) is 4.79 Å². The van der Waals surface area contributed by atoms with E-state index >= 15 is 0 Å². The number of alkyl halides is 3. The van der Waals surface area contributed by atoms with E-state index in [0.717, 1.165) is 19.3 Å². The van der Waals surface area contributed by atoms with E-state index in [2.05, 4.69) is 0 Å². The first-order valence-electron chi connectivity index (χ1n) is 7.28. The summed E-state index contributed by atoms with van der Waals surface area (Å²) in [5, 5.41) is 0. The van der Waals surface area contributed by atoms with Crippen LogP contribution in [0.1, 0.15) is 46.0 Å². The summed E-state index contributed by atoms with van der Waals surface area (Å²) in [4.78, 5) is 14.0. The summed E-state index contributed by atoms with van der Waals surface area (Å²) in [5.41, 5.74) is 4.72. The molecule has 1 saturated heterocycles. The lowest BCUT2D eigenvalue weighted by molar-refractivity contribution is -0.193. The zero-order valence-electron chi connectivity index (χ0n) is 12.0. The van der Waals surface area contributed by atoms with Crippen molar-refractivity contribution in [3.8, 4) is 0 Å². The van der Waals surface area contributed by atoms with Gasteiger partial charge >= 0.3 is 6.18 Å². The summed E-state index contributed by atoms with van der Waals surface area (Å²) in [6.07, 6.45) is -1.12. The maximum atomic E-state index is 13.0. The van der Waals surface area contributed by atoms with E-state index in [-0.39, 0.29) is 30.8 Å². The van der Waals surface area contributed by atoms with Gasteiger partial charge in [-0.25, -0.2) is 0 Å². The molecular weight excluding hydrogens is 269 g/mol. The highest BCUT2D eigenvalue weighted by atomic mass is 19.4. The van der Waals surface area contributed by atoms with Gasteiger partial charge in [0.1, 0.15) is 0 Å². The summed E-state index contributed by atoms with van der Waals surface area (Å²) < 4.78 is 39.1. The third-order valence-corrected chi connectivity index (χ3v) is 4.91. The SMILES string of the molecule is CC1(C)C(C(F)(F)F)CCN1C(=O)C1CCCC(N)C1. The first-order chi connectivity index (χ1) is 9.14. The van der Waals surface area contributed by atoms with E-state index < -0.39 is 17.6 Å². The third-order valence-electron chi connectivity index (χ3n) is 4.91. The van der Waals surface area contributed by atoms with E-state index in [9.17, 15) is 18.0 Å². The minimum absolute atomic E-state index is 0.00101. The average molecular weight is 292 g/mol. The second-order valence-electron chi connectivity index (χ2n) is 6.65. The van der Waals surface area contributed by atoms with Crippen molar-refractivity contribution in [1.82, 2.24) is 4.90 Å². The smallest absolute Gasteiger partial charge is 0.337 e. The molecule has 116 valence electrons. The molecule has 2 aliphatic rings. The largest absolute Gasteiger partial charge is 0.394 e. The summed E-state index contributed by atoms with van der Waals surface area (Å²) in [6.45, 7) is 3.25. The van der Waals surface area contributed by atoms with Crippen LogP contribution in [0.15, 0.2) is 0 Å². The van der Waals surface area contributed by atoms with Crippen LogP contribution in [0.5, 0.6) is 0 Å². The Labute approximate surface area is 117 Å². The standard InChI is InChI=1S/C14H23F3N2O/c1-13(2)11(14(15,16)17)6-7-19(13)12(20)9-4-3-5-10(18)8-9/h9-11H,3-8,18H2,1-2H3. The van der Waals surface area contributed by atoms with Crippen LogP contribution in [0.3, 0.4) is 0 Å². The fourth-order valence-corrected chi connectivity index (χ4v) is 3.72. The molecule has 1 aliphatic carbocycles. The number of hydrogen-bond acceptors (Lipinski definition) is 2. The molecule has 0 aromatic carbocycles. The van der Waals surface area contributed by atoms with Gasteiger partial charge in [-0.2, -0.15) is 13.2 Å². The van der Waals surface area contributed by atoms with Crippen LogP contribution in [-0.2, 0) is 4.79 Å². The lowest BCUT2D eigenvalue weighted by Crippen LogP contribution is -2.52. The predicted molar refractivity (Wildman–Crippen MR) is 69.9 cm³/mol. The molecule has 0 aromatic heterocycles. The van der Waals surface area contributed by atoms with Crippen LogP contribution < -0.4 is 5.73 Å². The Hall–Kier alpha value is -0.780. The zero-order valence-corrected chi connectivity index (χ0v) is 12.0. The van der Waals surface area contributed by atoms with Crippen molar-refractivity contribution in [3.63, 3.8) is 0 Å². The summed E-state index contributed by atoms with van der Waals surface area (Å²) >= 11 is 0. The Morgan fingerprint density at radius 3 is 2.40 bits per heavy atom. The Morgan fingerprint density at radius 2 is 1.90 bits per heavy atom. The highest BCUT2D eigenvalue weighted by Crippen LogP contribution is 2.45. The number of likely N-dealkylation sites (tertiary alicyclic amines) is 1. The van der Waals surface area contributed by atoms with Crippen molar-refractivity contribution in [2.75, 3.05) is 6.54 Å². The van der Waals surface area contributed by atoms with Crippen molar-refractivity contribution >= 4 is 5.91 Å². The molecule has 1 amide bonds. The van der Waals surface area contributed by atoms with Crippen LogP contribution in [0, 0.1) is 11.8 Å². The Bertz CT molecular complexity index is 381. The van der Waals surface area contributed by atoms with Gasteiger partial charge in [-0.15, -0.1) is 0 Å². The maximum absolute atomic E-state index is 13.0. The number of rotatable bonds is 1. The molecule has 0 spiro atoms. The normalized spacial score (nSPS) is 34.3. The summed E-state index contributed by atoms with van der Waals surface area (Å²) in [7, 11) is 0. The maximum Gasteiger partial charge on any atom is 0.394 e. The van der Waals surface area contributed by atoms with Crippen molar-refractivity contribution in [2.24, 2.45) is 17.6 Å². The first-order valence-corrected chi connectivity index (χ1v) is 7.28. The fourth-order valence-electron chi connectivity index (χ4n) is 3.72. The number of amides is 1. The lowest BCUT2D eigenvalue weighted by Gasteiger charge is -2.39. The molecule has 1 saturated carbocycles. The number of carbonyl (C=O) groups is 1. The summed E-state index contributed by atoms with van der Waals surface area (Å²) in [5.74, 6) is -1.78. The molecule has 3 nitrogen and oxygen atoms in total. The Balaban J connectivity index is 2.11. The molecule has 3 unspecified atom stereocenters. The van der Waals surface area contributed by atoms with Crippen molar-refractivity contribution in [1.29, 1.82) is 0 Å². The minimum atomic E-state index is -4.25. The predicted octanol–water partition coefficient (Wildman–Crippen LogP) is 2.69. The molecule has 3 atom stereocenters. The molecule has 0 radical (unpaired) electrons. The van der Waals surface area contributed by atoms with Crippen molar-refractivity contribution in [3.05, 3.63) is 0 Å². The zero-order chi connectivity index (χ0) is 15.1. The number of nitrogens with zero attached hydrogens (tertiary/aromatic N) is 1.